The number of nitrogens with zero attached hydrogens (tertiary/aromatic N) is 2. The second-order valence-corrected chi connectivity index (χ2v) is 16.2. The first-order valence-corrected chi connectivity index (χ1v) is 17.4. The summed E-state index contributed by atoms with van der Waals surface area (Å²) in [5.41, 5.74) is 0.233. The summed E-state index contributed by atoms with van der Waals surface area (Å²) in [6.45, 7) is 13.8. The van der Waals surface area contributed by atoms with Gasteiger partial charge >= 0.3 is 17.9 Å². The van der Waals surface area contributed by atoms with Crippen molar-refractivity contribution in [1.82, 2.24) is 4.90 Å². The van der Waals surface area contributed by atoms with Crippen molar-refractivity contribution >= 4 is 17.9 Å². The van der Waals surface area contributed by atoms with E-state index < -0.39 is 0 Å². The number of ether oxygens (including phenoxy) is 3. The number of hydrogen-bond donors (Lipinski definition) is 0. The molecular formula is C35H57BrN2O6. The van der Waals surface area contributed by atoms with Crippen molar-refractivity contribution in [3.8, 4) is 0 Å². The number of halogens is 1. The van der Waals surface area contributed by atoms with E-state index in [9.17, 15) is 14.4 Å². The molecule has 44 heavy (non-hydrogen) atoms. The summed E-state index contributed by atoms with van der Waals surface area (Å²) < 4.78 is 19.0. The van der Waals surface area contributed by atoms with Crippen molar-refractivity contribution < 1.29 is 50.1 Å². The van der Waals surface area contributed by atoms with Crippen LogP contribution in [0.15, 0.2) is 0 Å². The van der Waals surface area contributed by atoms with Crippen LogP contribution in [0.1, 0.15) is 105 Å². The minimum absolute atomic E-state index is 0. The van der Waals surface area contributed by atoms with Gasteiger partial charge in [0.25, 0.3) is 0 Å². The first-order chi connectivity index (χ1) is 20.3. The first-order valence-electron chi connectivity index (χ1n) is 17.4. The van der Waals surface area contributed by atoms with E-state index in [4.69, 9.17) is 14.2 Å². The highest BCUT2D eigenvalue weighted by atomic mass is 79.9. The SMILES string of the molecule is CC(=O)OC1CCN([C@H]2C[C@]3(C)C4CC[C@@]5(C)C(C[C@H]([N+]6(C)CCCC6)[C@@H]5OC(C)=O)C4CC[C@H]3C[C@@H]2OC(C)=O)CC1.[Br-]. The number of quaternary nitrogens is 1. The zero-order chi connectivity index (χ0) is 30.7. The fraction of sp³-hybridized carbons (Fsp3) is 0.914. The van der Waals surface area contributed by atoms with Gasteiger partial charge in [0.15, 0.2) is 6.10 Å². The van der Waals surface area contributed by atoms with E-state index in [1.807, 2.05) is 0 Å². The van der Waals surface area contributed by atoms with Crippen LogP contribution in [-0.4, -0.2) is 90.9 Å². The largest absolute Gasteiger partial charge is 1.00 e. The lowest BCUT2D eigenvalue weighted by atomic mass is 9.44. The lowest BCUT2D eigenvalue weighted by Crippen LogP contribution is -3.00. The molecule has 0 aromatic heterocycles. The topological polar surface area (TPSA) is 82.1 Å². The molecule has 9 heteroatoms. The molecule has 3 unspecified atom stereocenters. The van der Waals surface area contributed by atoms with Gasteiger partial charge in [0.1, 0.15) is 18.2 Å². The third kappa shape index (κ3) is 6.00. The highest BCUT2D eigenvalue weighted by Crippen LogP contribution is 2.67. The monoisotopic (exact) mass is 680 g/mol. The van der Waals surface area contributed by atoms with Crippen molar-refractivity contribution in [3.63, 3.8) is 0 Å². The lowest BCUT2D eigenvalue weighted by molar-refractivity contribution is -0.924. The molecule has 6 aliphatic rings. The minimum Gasteiger partial charge on any atom is -1.00 e. The number of rotatable bonds is 5. The minimum atomic E-state index is -0.201. The summed E-state index contributed by atoms with van der Waals surface area (Å²) in [6, 6.07) is 0.603. The van der Waals surface area contributed by atoms with Crippen LogP contribution in [0.25, 0.3) is 0 Å². The Hall–Kier alpha value is -1.19. The van der Waals surface area contributed by atoms with Gasteiger partial charge in [-0.25, -0.2) is 0 Å². The zero-order valence-corrected chi connectivity index (χ0v) is 29.6. The van der Waals surface area contributed by atoms with Gasteiger partial charge in [-0.15, -0.1) is 0 Å². The average Bonchev–Trinajstić information content (AvgIpc) is 3.50. The molecule has 4 aliphatic carbocycles. The molecule has 0 spiro atoms. The van der Waals surface area contributed by atoms with E-state index in [2.05, 4.69) is 25.8 Å². The van der Waals surface area contributed by atoms with E-state index in [-0.39, 0.29) is 70.1 Å². The second kappa shape index (κ2) is 12.8. The predicted molar refractivity (Wildman–Crippen MR) is 163 cm³/mol. The van der Waals surface area contributed by atoms with Gasteiger partial charge in [0, 0.05) is 64.6 Å². The molecular weight excluding hydrogens is 624 g/mol. The maximum atomic E-state index is 12.5. The van der Waals surface area contributed by atoms with Gasteiger partial charge in [-0.2, -0.15) is 0 Å². The molecule has 250 valence electrons. The van der Waals surface area contributed by atoms with E-state index in [0.717, 1.165) is 49.7 Å². The number of carbonyl (C=O) groups excluding carboxylic acids is 3. The maximum Gasteiger partial charge on any atom is 0.303 e. The average molecular weight is 682 g/mol. The summed E-state index contributed by atoms with van der Waals surface area (Å²) in [7, 11) is 2.43. The fourth-order valence-corrected chi connectivity index (χ4v) is 11.9. The first kappa shape index (κ1) is 34.2. The van der Waals surface area contributed by atoms with Crippen LogP contribution in [-0.2, 0) is 28.6 Å². The number of piperidine rings is 1. The molecule has 0 bridgehead atoms. The Labute approximate surface area is 275 Å². The molecule has 2 heterocycles. The molecule has 0 radical (unpaired) electrons. The van der Waals surface area contributed by atoms with Gasteiger partial charge < -0.3 is 35.7 Å². The number of fused-ring (bicyclic) bond motifs is 5. The maximum absolute atomic E-state index is 12.5. The van der Waals surface area contributed by atoms with Crippen molar-refractivity contribution in [2.24, 2.45) is 34.5 Å². The highest BCUT2D eigenvalue weighted by Gasteiger charge is 2.67. The predicted octanol–water partition coefficient (Wildman–Crippen LogP) is 2.12. The number of likely N-dealkylation sites (N-methyl/N-ethyl adjacent to an activating group) is 1. The molecule has 2 aliphatic heterocycles. The Kier molecular flexibility index (Phi) is 9.92. The molecule has 6 rings (SSSR count). The number of carbonyl (C=O) groups is 3. The molecule has 8 nitrogen and oxygen atoms in total. The van der Waals surface area contributed by atoms with Gasteiger partial charge in [0.2, 0.25) is 0 Å². The standard InChI is InChI=1S/C35H57N2O6.BrH/c1-22(38)41-26-12-15-36(16-13-26)30-21-35(5)25(19-32(30)42-23(2)39)9-10-27-28(35)11-14-34(4)29(27)20-31(33(34)43-24(3)40)37(6)17-7-8-18-37;/h25-33H,7-21H2,1-6H3;1H/q+1;/p-1/t25-,27?,28?,29?,30-,31-,32-,33-,34-,35-;/m0./s1. The Bertz CT molecular complexity index is 1090. The number of esters is 3. The quantitative estimate of drug-likeness (QED) is 0.250. The van der Waals surface area contributed by atoms with Crippen molar-refractivity contribution in [2.75, 3.05) is 33.2 Å². The molecule has 0 aromatic carbocycles. The summed E-state index contributed by atoms with van der Waals surface area (Å²) in [5.74, 6) is 1.93. The fourth-order valence-electron chi connectivity index (χ4n) is 11.9. The van der Waals surface area contributed by atoms with Gasteiger partial charge in [-0.3, -0.25) is 19.3 Å². The van der Waals surface area contributed by atoms with Crippen LogP contribution in [0.5, 0.6) is 0 Å². The molecule has 2 saturated heterocycles. The highest BCUT2D eigenvalue weighted by molar-refractivity contribution is 5.67. The van der Waals surface area contributed by atoms with Crippen LogP contribution in [0.3, 0.4) is 0 Å². The van der Waals surface area contributed by atoms with E-state index in [1.54, 1.807) is 13.8 Å². The van der Waals surface area contributed by atoms with Crippen molar-refractivity contribution in [2.45, 2.75) is 136 Å². The van der Waals surface area contributed by atoms with Crippen molar-refractivity contribution in [3.05, 3.63) is 0 Å². The van der Waals surface area contributed by atoms with Crippen molar-refractivity contribution in [1.29, 1.82) is 0 Å². The van der Waals surface area contributed by atoms with Gasteiger partial charge in [-0.05, 0) is 80.5 Å². The van der Waals surface area contributed by atoms with Crippen LogP contribution in [0.2, 0.25) is 0 Å². The third-order valence-corrected chi connectivity index (χ3v) is 13.9. The van der Waals surface area contributed by atoms with Crippen LogP contribution >= 0.6 is 0 Å². The molecule has 4 saturated carbocycles. The molecule has 6 fully saturated rings. The summed E-state index contributed by atoms with van der Waals surface area (Å²) >= 11 is 0. The molecule has 0 aromatic rings. The Morgan fingerprint density at radius 3 is 2.02 bits per heavy atom. The van der Waals surface area contributed by atoms with E-state index >= 15 is 0 Å². The third-order valence-electron chi connectivity index (χ3n) is 13.9. The van der Waals surface area contributed by atoms with Crippen LogP contribution < -0.4 is 17.0 Å². The summed E-state index contributed by atoms with van der Waals surface area (Å²) in [4.78, 5) is 38.9. The lowest BCUT2D eigenvalue weighted by Gasteiger charge is -2.62. The second-order valence-electron chi connectivity index (χ2n) is 16.2. The Balaban J connectivity index is 0.00000384. The zero-order valence-electron chi connectivity index (χ0n) is 28.0. The normalized spacial score (nSPS) is 43.5. The smallest absolute Gasteiger partial charge is 0.303 e. The van der Waals surface area contributed by atoms with Gasteiger partial charge in [-0.1, -0.05) is 13.8 Å². The van der Waals surface area contributed by atoms with E-state index in [0.29, 0.717) is 29.7 Å². The molecule has 10 atom stereocenters. The van der Waals surface area contributed by atoms with Crippen LogP contribution in [0, 0.1) is 34.5 Å². The Morgan fingerprint density at radius 2 is 1.41 bits per heavy atom. The summed E-state index contributed by atoms with van der Waals surface area (Å²) in [5, 5.41) is 0. The van der Waals surface area contributed by atoms with Crippen LogP contribution in [0.4, 0.5) is 0 Å². The number of likely N-dealkylation sites (tertiary alicyclic amines) is 2. The molecule has 0 amide bonds. The summed E-state index contributed by atoms with van der Waals surface area (Å²) in [6.07, 6.45) is 12.1. The number of hydrogen-bond acceptors (Lipinski definition) is 7. The molecule has 0 N–H and O–H groups in total. The van der Waals surface area contributed by atoms with Gasteiger partial charge in [0.05, 0.1) is 20.1 Å². The Morgan fingerprint density at radius 1 is 0.773 bits per heavy atom. The van der Waals surface area contributed by atoms with E-state index in [1.165, 1.54) is 58.5 Å².